The Bertz CT molecular complexity index is 886. The lowest BCUT2D eigenvalue weighted by molar-refractivity contribution is -0.142. The van der Waals surface area contributed by atoms with Crippen molar-refractivity contribution in [2.75, 3.05) is 19.8 Å². The molecule has 2 heterocycles. The van der Waals surface area contributed by atoms with Gasteiger partial charge in [-0.2, -0.15) is 13.5 Å². The molecule has 0 saturated carbocycles. The summed E-state index contributed by atoms with van der Waals surface area (Å²) in [6.45, 7) is 1.89. The van der Waals surface area contributed by atoms with Crippen LogP contribution < -0.4 is 10.2 Å². The Balaban J connectivity index is 0.00000256. The first-order valence-electron chi connectivity index (χ1n) is 9.80. The first-order valence-corrected chi connectivity index (χ1v) is 9.80. The summed E-state index contributed by atoms with van der Waals surface area (Å²) in [7, 11) is 0. The minimum Gasteiger partial charge on any atom is -0.491 e. The standard InChI is InChI=1S/C22H24N2O5.H2S/c25-21(23-27)17-6-7-18-13-24(22(26)16-8-10-28-11-9-16)19(14-29-20(18)12-17)15-4-2-1-3-5-15;/h1-7,12,16,19,27H,8-11,13-14H2,(H,23,25);1H2/t19-;/m1./s1. The average Bonchev–Trinajstić information content (AvgIpc) is 2.98. The Hall–Kier alpha value is -2.55. The number of ether oxygens (including phenoxy) is 2. The molecule has 2 aliphatic rings. The van der Waals surface area contributed by atoms with Gasteiger partial charge in [0.2, 0.25) is 5.91 Å². The molecular weight excluding hydrogens is 404 g/mol. The van der Waals surface area contributed by atoms with Gasteiger partial charge in [0.1, 0.15) is 12.4 Å². The van der Waals surface area contributed by atoms with Crippen LogP contribution in [0.2, 0.25) is 0 Å². The number of fused-ring (bicyclic) bond motifs is 1. The lowest BCUT2D eigenvalue weighted by Gasteiger charge is -2.34. The minimum absolute atomic E-state index is 0. The molecule has 2 aromatic rings. The molecule has 2 aliphatic heterocycles. The third-order valence-electron chi connectivity index (χ3n) is 5.58. The van der Waals surface area contributed by atoms with Crippen molar-refractivity contribution in [1.82, 2.24) is 10.4 Å². The molecular formula is C22H26N2O5S. The summed E-state index contributed by atoms with van der Waals surface area (Å²) in [6, 6.07) is 14.6. The maximum atomic E-state index is 13.4. The topological polar surface area (TPSA) is 88.1 Å². The van der Waals surface area contributed by atoms with Crippen LogP contribution >= 0.6 is 13.5 Å². The molecule has 2 aromatic carbocycles. The third kappa shape index (κ3) is 4.61. The van der Waals surface area contributed by atoms with E-state index in [0.29, 0.717) is 31.1 Å². The minimum atomic E-state index is -0.601. The van der Waals surface area contributed by atoms with Crippen LogP contribution in [0.3, 0.4) is 0 Å². The van der Waals surface area contributed by atoms with Gasteiger partial charge < -0.3 is 14.4 Å². The molecule has 0 aliphatic carbocycles. The maximum Gasteiger partial charge on any atom is 0.274 e. The highest BCUT2D eigenvalue weighted by Crippen LogP contribution is 2.34. The van der Waals surface area contributed by atoms with Gasteiger partial charge in [-0.3, -0.25) is 14.8 Å². The third-order valence-corrected chi connectivity index (χ3v) is 5.58. The van der Waals surface area contributed by atoms with E-state index in [2.05, 4.69) is 0 Å². The number of nitrogens with zero attached hydrogens (tertiary/aromatic N) is 1. The Kier molecular flexibility index (Phi) is 7.36. The monoisotopic (exact) mass is 430 g/mol. The van der Waals surface area contributed by atoms with Gasteiger partial charge >= 0.3 is 0 Å². The zero-order valence-electron chi connectivity index (χ0n) is 16.5. The summed E-state index contributed by atoms with van der Waals surface area (Å²) in [5.74, 6) is -0.00330. The SMILES string of the molecule is O=C(NO)c1ccc2c(c1)OC[C@H](c1ccccc1)N(C(=O)C1CCOCC1)C2.S. The number of rotatable bonds is 3. The summed E-state index contributed by atoms with van der Waals surface area (Å²) >= 11 is 0. The smallest absolute Gasteiger partial charge is 0.274 e. The van der Waals surface area contributed by atoms with E-state index in [9.17, 15) is 9.59 Å². The van der Waals surface area contributed by atoms with Crippen molar-refractivity contribution >= 4 is 25.3 Å². The molecule has 2 N–H and O–H groups in total. The highest BCUT2D eigenvalue weighted by Gasteiger charge is 2.34. The van der Waals surface area contributed by atoms with Gasteiger partial charge in [-0.1, -0.05) is 36.4 Å². The second-order valence-corrected chi connectivity index (χ2v) is 7.35. The van der Waals surface area contributed by atoms with E-state index in [1.807, 2.05) is 35.2 Å². The highest BCUT2D eigenvalue weighted by molar-refractivity contribution is 7.59. The number of carbonyl (C=O) groups is 2. The van der Waals surface area contributed by atoms with E-state index in [0.717, 1.165) is 24.0 Å². The van der Waals surface area contributed by atoms with E-state index < -0.39 is 5.91 Å². The zero-order chi connectivity index (χ0) is 20.2. The predicted molar refractivity (Wildman–Crippen MR) is 115 cm³/mol. The molecule has 0 unspecified atom stereocenters. The van der Waals surface area contributed by atoms with Crippen LogP contribution in [0.15, 0.2) is 48.5 Å². The first kappa shape index (κ1) is 22.1. The molecule has 1 atom stereocenters. The van der Waals surface area contributed by atoms with Crippen LogP contribution in [0.25, 0.3) is 0 Å². The number of hydrogen-bond donors (Lipinski definition) is 2. The number of nitrogens with one attached hydrogen (secondary N) is 1. The van der Waals surface area contributed by atoms with E-state index in [1.165, 1.54) is 0 Å². The molecule has 1 fully saturated rings. The molecule has 30 heavy (non-hydrogen) atoms. The summed E-state index contributed by atoms with van der Waals surface area (Å²) in [5.41, 5.74) is 3.78. The largest absolute Gasteiger partial charge is 0.491 e. The lowest BCUT2D eigenvalue weighted by Crippen LogP contribution is -2.41. The van der Waals surface area contributed by atoms with Gasteiger partial charge in [-0.05, 0) is 30.5 Å². The molecule has 8 heteroatoms. The molecule has 4 rings (SSSR count). The Labute approximate surface area is 182 Å². The van der Waals surface area contributed by atoms with Crippen molar-refractivity contribution in [3.63, 3.8) is 0 Å². The Morgan fingerprint density at radius 2 is 1.80 bits per heavy atom. The van der Waals surface area contributed by atoms with Gasteiger partial charge in [0.15, 0.2) is 0 Å². The van der Waals surface area contributed by atoms with Crippen molar-refractivity contribution < 1.29 is 24.3 Å². The van der Waals surface area contributed by atoms with Gasteiger partial charge in [-0.25, -0.2) is 5.48 Å². The molecule has 0 bridgehead atoms. The summed E-state index contributed by atoms with van der Waals surface area (Å²) in [5, 5.41) is 8.89. The predicted octanol–water partition coefficient (Wildman–Crippen LogP) is 2.81. The number of hydroxylamine groups is 1. The molecule has 0 aromatic heterocycles. The van der Waals surface area contributed by atoms with Crippen molar-refractivity contribution in [2.45, 2.75) is 25.4 Å². The van der Waals surface area contributed by atoms with Crippen LogP contribution in [0.5, 0.6) is 5.75 Å². The Morgan fingerprint density at radius 3 is 2.50 bits per heavy atom. The van der Waals surface area contributed by atoms with Crippen LogP contribution in [0.1, 0.15) is 40.4 Å². The van der Waals surface area contributed by atoms with Crippen molar-refractivity contribution in [2.24, 2.45) is 5.92 Å². The van der Waals surface area contributed by atoms with E-state index in [1.54, 1.807) is 23.7 Å². The van der Waals surface area contributed by atoms with Crippen LogP contribution in [0, 0.1) is 5.92 Å². The maximum absolute atomic E-state index is 13.4. The molecule has 7 nitrogen and oxygen atoms in total. The number of amides is 2. The fraction of sp³-hybridized carbons (Fsp3) is 0.364. The number of hydrogen-bond acceptors (Lipinski definition) is 5. The van der Waals surface area contributed by atoms with E-state index in [-0.39, 0.29) is 38.0 Å². The van der Waals surface area contributed by atoms with Crippen LogP contribution in [-0.2, 0) is 16.1 Å². The fourth-order valence-electron chi connectivity index (χ4n) is 3.94. The molecule has 0 spiro atoms. The van der Waals surface area contributed by atoms with E-state index >= 15 is 0 Å². The van der Waals surface area contributed by atoms with Gasteiger partial charge in [0, 0.05) is 30.3 Å². The lowest BCUT2D eigenvalue weighted by atomic mass is 9.96. The number of benzene rings is 2. The Morgan fingerprint density at radius 1 is 1.07 bits per heavy atom. The van der Waals surface area contributed by atoms with Crippen LogP contribution in [-0.4, -0.2) is 41.7 Å². The van der Waals surface area contributed by atoms with Crippen molar-refractivity contribution in [3.05, 3.63) is 65.2 Å². The average molecular weight is 431 g/mol. The second kappa shape index (κ2) is 9.97. The first-order chi connectivity index (χ1) is 14.2. The summed E-state index contributed by atoms with van der Waals surface area (Å²) < 4.78 is 11.5. The molecule has 0 radical (unpaired) electrons. The van der Waals surface area contributed by atoms with E-state index in [4.69, 9.17) is 14.7 Å². The van der Waals surface area contributed by atoms with Gasteiger partial charge in [0.25, 0.3) is 5.91 Å². The summed E-state index contributed by atoms with van der Waals surface area (Å²) in [4.78, 5) is 27.1. The second-order valence-electron chi connectivity index (χ2n) is 7.35. The van der Waals surface area contributed by atoms with Gasteiger partial charge in [0.05, 0.1) is 12.6 Å². The normalized spacial score (nSPS) is 19.0. The summed E-state index contributed by atoms with van der Waals surface area (Å²) in [6.07, 6.45) is 1.44. The fourth-order valence-corrected chi connectivity index (χ4v) is 3.94. The molecule has 160 valence electrons. The highest BCUT2D eigenvalue weighted by atomic mass is 32.1. The quantitative estimate of drug-likeness (QED) is 0.578. The van der Waals surface area contributed by atoms with Crippen molar-refractivity contribution in [1.29, 1.82) is 0 Å². The number of carbonyl (C=O) groups excluding carboxylic acids is 2. The zero-order valence-corrected chi connectivity index (χ0v) is 17.5. The van der Waals surface area contributed by atoms with Crippen molar-refractivity contribution in [3.8, 4) is 5.75 Å². The van der Waals surface area contributed by atoms with Gasteiger partial charge in [-0.15, -0.1) is 0 Å². The molecule has 1 saturated heterocycles. The molecule has 2 amide bonds. The van der Waals surface area contributed by atoms with Crippen LogP contribution in [0.4, 0.5) is 0 Å².